The highest BCUT2D eigenvalue weighted by molar-refractivity contribution is 7.13. The number of rotatable bonds is 5. The van der Waals surface area contributed by atoms with Crippen LogP contribution in [0, 0.1) is 0 Å². The van der Waals surface area contributed by atoms with E-state index in [-0.39, 0.29) is 18.1 Å². The molecule has 0 fully saturated rings. The zero-order chi connectivity index (χ0) is 16.2. The summed E-state index contributed by atoms with van der Waals surface area (Å²) in [6.07, 6.45) is 0. The Morgan fingerprint density at radius 3 is 3.00 bits per heavy atom. The molecule has 0 aliphatic heterocycles. The standard InChI is InChI=1S/C15H11ClN2O4S/c1-20-11-5-4-9(16)7-10(11)15(19)21-8-13-17-14(18-22-13)12-3-2-6-23-12/h2-7H,8H2,1H3. The van der Waals surface area contributed by atoms with E-state index in [0.29, 0.717) is 16.6 Å². The van der Waals surface area contributed by atoms with Gasteiger partial charge in [-0.2, -0.15) is 4.98 Å². The predicted octanol–water partition coefficient (Wildman–Crippen LogP) is 3.82. The summed E-state index contributed by atoms with van der Waals surface area (Å²) in [7, 11) is 1.46. The molecule has 0 atom stereocenters. The minimum absolute atomic E-state index is 0.132. The molecule has 118 valence electrons. The number of hydrogen-bond donors (Lipinski definition) is 0. The van der Waals surface area contributed by atoms with E-state index in [1.807, 2.05) is 17.5 Å². The number of nitrogens with zero attached hydrogens (tertiary/aromatic N) is 2. The number of ether oxygens (including phenoxy) is 2. The largest absolute Gasteiger partial charge is 0.496 e. The molecule has 3 aromatic rings. The number of carbonyl (C=O) groups excluding carboxylic acids is 1. The summed E-state index contributed by atoms with van der Waals surface area (Å²) in [5.41, 5.74) is 0.234. The number of carbonyl (C=O) groups is 1. The number of halogens is 1. The van der Waals surface area contributed by atoms with Gasteiger partial charge >= 0.3 is 5.97 Å². The van der Waals surface area contributed by atoms with Crippen molar-refractivity contribution in [2.24, 2.45) is 0 Å². The van der Waals surface area contributed by atoms with Crippen molar-refractivity contribution < 1.29 is 18.8 Å². The van der Waals surface area contributed by atoms with Crippen molar-refractivity contribution in [3.05, 3.63) is 52.2 Å². The van der Waals surface area contributed by atoms with Crippen LogP contribution in [-0.2, 0) is 11.3 Å². The Hall–Kier alpha value is -2.38. The lowest BCUT2D eigenvalue weighted by atomic mass is 10.2. The Morgan fingerprint density at radius 2 is 2.26 bits per heavy atom. The Labute approximate surface area is 140 Å². The molecular formula is C15H11ClN2O4S. The lowest BCUT2D eigenvalue weighted by Crippen LogP contribution is -2.07. The van der Waals surface area contributed by atoms with Crippen LogP contribution >= 0.6 is 22.9 Å². The number of esters is 1. The number of thiophene rings is 1. The summed E-state index contributed by atoms with van der Waals surface area (Å²) in [4.78, 5) is 17.2. The van der Waals surface area contributed by atoms with Crippen LogP contribution in [0.15, 0.2) is 40.2 Å². The molecule has 2 heterocycles. The van der Waals surface area contributed by atoms with Crippen LogP contribution in [0.25, 0.3) is 10.7 Å². The second kappa shape index (κ2) is 6.80. The fraction of sp³-hybridized carbons (Fsp3) is 0.133. The number of aromatic nitrogens is 2. The zero-order valence-electron chi connectivity index (χ0n) is 12.0. The number of benzene rings is 1. The Balaban J connectivity index is 1.69. The average Bonchev–Trinajstić information content (AvgIpc) is 3.23. The normalized spacial score (nSPS) is 10.5. The van der Waals surface area contributed by atoms with E-state index in [2.05, 4.69) is 10.1 Å². The summed E-state index contributed by atoms with van der Waals surface area (Å²) in [6, 6.07) is 8.47. The smallest absolute Gasteiger partial charge is 0.342 e. The van der Waals surface area contributed by atoms with Gasteiger partial charge in [-0.15, -0.1) is 11.3 Å². The molecule has 0 spiro atoms. The molecule has 0 unspecified atom stereocenters. The quantitative estimate of drug-likeness (QED) is 0.651. The third kappa shape index (κ3) is 3.52. The van der Waals surface area contributed by atoms with Crippen molar-refractivity contribution in [3.63, 3.8) is 0 Å². The van der Waals surface area contributed by atoms with E-state index < -0.39 is 5.97 Å². The molecule has 0 saturated carbocycles. The minimum Gasteiger partial charge on any atom is -0.496 e. The topological polar surface area (TPSA) is 74.5 Å². The highest BCUT2D eigenvalue weighted by atomic mass is 35.5. The van der Waals surface area contributed by atoms with Gasteiger partial charge in [0, 0.05) is 5.02 Å². The van der Waals surface area contributed by atoms with Crippen LogP contribution in [0.3, 0.4) is 0 Å². The van der Waals surface area contributed by atoms with Crippen LogP contribution in [0.5, 0.6) is 5.75 Å². The van der Waals surface area contributed by atoms with Gasteiger partial charge in [-0.25, -0.2) is 4.79 Å². The van der Waals surface area contributed by atoms with Crippen LogP contribution in [0.4, 0.5) is 0 Å². The summed E-state index contributed by atoms with van der Waals surface area (Å²) in [6.45, 7) is -0.132. The first-order valence-electron chi connectivity index (χ1n) is 6.54. The van der Waals surface area contributed by atoms with Crippen molar-refractivity contribution in [2.45, 2.75) is 6.61 Å². The van der Waals surface area contributed by atoms with Crippen molar-refractivity contribution in [1.82, 2.24) is 10.1 Å². The van der Waals surface area contributed by atoms with Gasteiger partial charge in [0.25, 0.3) is 5.89 Å². The summed E-state index contributed by atoms with van der Waals surface area (Å²) in [5.74, 6) is 0.471. The first-order chi connectivity index (χ1) is 11.2. The fourth-order valence-electron chi connectivity index (χ4n) is 1.86. The van der Waals surface area contributed by atoms with Gasteiger partial charge in [0.05, 0.1) is 12.0 Å². The highest BCUT2D eigenvalue weighted by Gasteiger charge is 2.17. The van der Waals surface area contributed by atoms with Gasteiger partial charge in [0.15, 0.2) is 6.61 Å². The molecule has 6 nitrogen and oxygen atoms in total. The second-order valence-corrected chi connectivity index (χ2v) is 5.79. The van der Waals surface area contributed by atoms with Gasteiger partial charge in [-0.1, -0.05) is 22.8 Å². The molecule has 0 aliphatic carbocycles. The molecule has 2 aromatic heterocycles. The molecule has 0 bridgehead atoms. The van der Waals surface area contributed by atoms with Gasteiger partial charge in [-0.3, -0.25) is 0 Å². The summed E-state index contributed by atoms with van der Waals surface area (Å²) >= 11 is 7.39. The summed E-state index contributed by atoms with van der Waals surface area (Å²) < 4.78 is 15.4. The maximum absolute atomic E-state index is 12.1. The average molecular weight is 351 g/mol. The van der Waals surface area contributed by atoms with Gasteiger partial charge < -0.3 is 14.0 Å². The van der Waals surface area contributed by atoms with Crippen molar-refractivity contribution in [2.75, 3.05) is 7.11 Å². The molecule has 0 amide bonds. The van der Waals surface area contributed by atoms with E-state index in [1.165, 1.54) is 24.5 Å². The van der Waals surface area contributed by atoms with E-state index >= 15 is 0 Å². The van der Waals surface area contributed by atoms with Crippen LogP contribution in [0.2, 0.25) is 5.02 Å². The zero-order valence-corrected chi connectivity index (χ0v) is 13.6. The molecule has 1 aromatic carbocycles. The fourth-order valence-corrected chi connectivity index (χ4v) is 2.69. The van der Waals surface area contributed by atoms with E-state index in [9.17, 15) is 4.79 Å². The first kappa shape index (κ1) is 15.5. The van der Waals surface area contributed by atoms with E-state index in [0.717, 1.165) is 4.88 Å². The molecule has 0 aliphatic rings. The van der Waals surface area contributed by atoms with Crippen molar-refractivity contribution in [1.29, 1.82) is 0 Å². The number of methoxy groups -OCH3 is 1. The van der Waals surface area contributed by atoms with Gasteiger partial charge in [0.2, 0.25) is 5.82 Å². The predicted molar refractivity (Wildman–Crippen MR) is 84.7 cm³/mol. The molecule has 0 N–H and O–H groups in total. The van der Waals surface area contributed by atoms with Crippen molar-refractivity contribution >= 4 is 28.9 Å². The Kier molecular flexibility index (Phi) is 4.59. The Morgan fingerprint density at radius 1 is 1.39 bits per heavy atom. The monoisotopic (exact) mass is 350 g/mol. The summed E-state index contributed by atoms with van der Waals surface area (Å²) in [5, 5.41) is 6.17. The van der Waals surface area contributed by atoms with E-state index in [4.69, 9.17) is 25.6 Å². The van der Waals surface area contributed by atoms with Gasteiger partial charge in [-0.05, 0) is 29.6 Å². The van der Waals surface area contributed by atoms with Crippen LogP contribution in [-0.4, -0.2) is 23.2 Å². The maximum atomic E-state index is 12.1. The van der Waals surface area contributed by atoms with Gasteiger partial charge in [0.1, 0.15) is 11.3 Å². The lowest BCUT2D eigenvalue weighted by molar-refractivity contribution is 0.0426. The van der Waals surface area contributed by atoms with Crippen molar-refractivity contribution in [3.8, 4) is 16.5 Å². The molecule has 3 rings (SSSR count). The Bertz CT molecular complexity index is 817. The molecule has 8 heteroatoms. The lowest BCUT2D eigenvalue weighted by Gasteiger charge is -2.07. The first-order valence-corrected chi connectivity index (χ1v) is 7.80. The number of hydrogen-bond acceptors (Lipinski definition) is 7. The molecular weight excluding hydrogens is 340 g/mol. The maximum Gasteiger partial charge on any atom is 0.342 e. The van der Waals surface area contributed by atoms with Crippen LogP contribution < -0.4 is 4.74 Å². The highest BCUT2D eigenvalue weighted by Crippen LogP contribution is 2.24. The minimum atomic E-state index is -0.583. The van der Waals surface area contributed by atoms with E-state index in [1.54, 1.807) is 12.1 Å². The van der Waals surface area contributed by atoms with Crippen LogP contribution in [0.1, 0.15) is 16.2 Å². The molecule has 0 radical (unpaired) electrons. The molecule has 0 saturated heterocycles. The SMILES string of the molecule is COc1ccc(Cl)cc1C(=O)OCc1nc(-c2cccs2)no1. The second-order valence-electron chi connectivity index (χ2n) is 4.41. The third-order valence-electron chi connectivity index (χ3n) is 2.92. The third-order valence-corrected chi connectivity index (χ3v) is 4.02. The molecule has 23 heavy (non-hydrogen) atoms.